The summed E-state index contributed by atoms with van der Waals surface area (Å²) in [4.78, 5) is 0.709. The summed E-state index contributed by atoms with van der Waals surface area (Å²) in [5.41, 5.74) is 6.66. The van der Waals surface area contributed by atoms with Gasteiger partial charge in [-0.2, -0.15) is 9.61 Å². The standard InChI is InChI=1S/C13H15N5OS/c1-13(2,3)11-15-16-12-18(11)17-10(20-12)8-5-4-7(14)6-9(8)19/h4-6,19H,14H2,1-3H3. The van der Waals surface area contributed by atoms with E-state index in [0.717, 1.165) is 5.82 Å². The van der Waals surface area contributed by atoms with Crippen LogP contribution in [0.1, 0.15) is 26.6 Å². The zero-order chi connectivity index (χ0) is 14.5. The Hall–Kier alpha value is -2.15. The Bertz CT molecular complexity index is 784. The highest BCUT2D eigenvalue weighted by Crippen LogP contribution is 2.34. The van der Waals surface area contributed by atoms with E-state index in [9.17, 15) is 5.11 Å². The van der Waals surface area contributed by atoms with Gasteiger partial charge in [-0.3, -0.25) is 0 Å². The molecule has 0 aliphatic rings. The lowest BCUT2D eigenvalue weighted by atomic mass is 9.96. The third kappa shape index (κ3) is 2.00. The number of hydrogen-bond acceptors (Lipinski definition) is 6. The molecule has 0 aliphatic carbocycles. The number of nitrogen functional groups attached to an aromatic ring is 1. The molecule has 0 saturated heterocycles. The number of aromatic hydroxyl groups is 1. The molecule has 0 atom stereocenters. The lowest BCUT2D eigenvalue weighted by molar-refractivity contribution is 0.477. The van der Waals surface area contributed by atoms with Crippen molar-refractivity contribution in [1.29, 1.82) is 0 Å². The van der Waals surface area contributed by atoms with Gasteiger partial charge >= 0.3 is 0 Å². The molecule has 2 heterocycles. The van der Waals surface area contributed by atoms with Gasteiger partial charge in [0.25, 0.3) is 0 Å². The van der Waals surface area contributed by atoms with Crippen LogP contribution in [0.15, 0.2) is 18.2 Å². The van der Waals surface area contributed by atoms with Crippen molar-refractivity contribution in [3.63, 3.8) is 0 Å². The molecule has 3 rings (SSSR count). The fourth-order valence-electron chi connectivity index (χ4n) is 1.92. The second-order valence-electron chi connectivity index (χ2n) is 5.65. The lowest BCUT2D eigenvalue weighted by Gasteiger charge is -2.13. The van der Waals surface area contributed by atoms with E-state index < -0.39 is 0 Å². The summed E-state index contributed by atoms with van der Waals surface area (Å²) >= 11 is 1.38. The summed E-state index contributed by atoms with van der Waals surface area (Å²) in [6, 6.07) is 5.01. The van der Waals surface area contributed by atoms with Gasteiger partial charge in [0.15, 0.2) is 10.8 Å². The first-order valence-corrected chi connectivity index (χ1v) is 6.99. The van der Waals surface area contributed by atoms with Crippen LogP contribution < -0.4 is 5.73 Å². The third-order valence-corrected chi connectivity index (χ3v) is 3.85. The summed E-state index contributed by atoms with van der Waals surface area (Å²) in [7, 11) is 0. The maximum absolute atomic E-state index is 9.98. The van der Waals surface area contributed by atoms with Gasteiger partial charge in [-0.05, 0) is 12.1 Å². The van der Waals surface area contributed by atoms with Gasteiger partial charge in [0.2, 0.25) is 4.96 Å². The van der Waals surface area contributed by atoms with Gasteiger partial charge in [-0.15, -0.1) is 10.2 Å². The van der Waals surface area contributed by atoms with Crippen molar-refractivity contribution < 1.29 is 5.11 Å². The predicted octanol–water partition coefficient (Wildman–Crippen LogP) is 2.44. The molecule has 0 fully saturated rings. The normalized spacial score (nSPS) is 12.2. The highest BCUT2D eigenvalue weighted by molar-refractivity contribution is 7.19. The molecule has 104 valence electrons. The molecule has 0 aliphatic heterocycles. The number of aromatic nitrogens is 4. The van der Waals surface area contributed by atoms with Crippen LogP contribution >= 0.6 is 11.3 Å². The smallest absolute Gasteiger partial charge is 0.235 e. The third-order valence-electron chi connectivity index (χ3n) is 2.91. The molecule has 1 aromatic carbocycles. The largest absolute Gasteiger partial charge is 0.507 e. The molecule has 20 heavy (non-hydrogen) atoms. The minimum absolute atomic E-state index is 0.118. The molecule has 0 spiro atoms. The Morgan fingerprint density at radius 1 is 1.25 bits per heavy atom. The zero-order valence-corrected chi connectivity index (χ0v) is 12.3. The maximum Gasteiger partial charge on any atom is 0.235 e. The van der Waals surface area contributed by atoms with E-state index in [2.05, 4.69) is 36.1 Å². The summed E-state index contributed by atoms with van der Waals surface area (Å²) < 4.78 is 1.73. The van der Waals surface area contributed by atoms with Crippen LogP contribution in [-0.4, -0.2) is 24.9 Å². The molecule has 0 radical (unpaired) electrons. The predicted molar refractivity (Wildman–Crippen MR) is 78.9 cm³/mol. The van der Waals surface area contributed by atoms with Gasteiger partial charge < -0.3 is 10.8 Å². The Kier molecular flexibility index (Phi) is 2.68. The average Bonchev–Trinajstić information content (AvgIpc) is 2.86. The first kappa shape index (κ1) is 12.9. The molecule has 0 amide bonds. The summed E-state index contributed by atoms with van der Waals surface area (Å²) in [6.07, 6.45) is 0. The monoisotopic (exact) mass is 289 g/mol. The van der Waals surface area contributed by atoms with Crippen LogP contribution in [-0.2, 0) is 5.41 Å². The fourth-order valence-corrected chi connectivity index (χ4v) is 2.80. The second kappa shape index (κ2) is 4.17. The van der Waals surface area contributed by atoms with Crippen LogP contribution in [0.3, 0.4) is 0 Å². The number of fused-ring (bicyclic) bond motifs is 1. The van der Waals surface area contributed by atoms with E-state index in [4.69, 9.17) is 5.73 Å². The molecule has 2 aromatic heterocycles. The van der Waals surface area contributed by atoms with Crippen molar-refractivity contribution in [2.45, 2.75) is 26.2 Å². The van der Waals surface area contributed by atoms with Crippen LogP contribution in [0.25, 0.3) is 15.5 Å². The van der Waals surface area contributed by atoms with Crippen molar-refractivity contribution in [2.24, 2.45) is 0 Å². The second-order valence-corrected chi connectivity index (χ2v) is 6.61. The molecule has 7 heteroatoms. The molecule has 0 unspecified atom stereocenters. The Labute approximate surface area is 119 Å². The summed E-state index contributed by atoms with van der Waals surface area (Å²) in [6.45, 7) is 6.18. The van der Waals surface area contributed by atoms with Gasteiger partial charge in [0, 0.05) is 17.2 Å². The van der Waals surface area contributed by atoms with Crippen molar-refractivity contribution in [3.05, 3.63) is 24.0 Å². The van der Waals surface area contributed by atoms with E-state index >= 15 is 0 Å². The van der Waals surface area contributed by atoms with Gasteiger partial charge in [0.1, 0.15) is 5.75 Å². The van der Waals surface area contributed by atoms with E-state index in [0.29, 0.717) is 21.2 Å². The number of nitrogens with two attached hydrogens (primary N) is 1. The minimum atomic E-state index is -0.145. The first-order chi connectivity index (χ1) is 9.36. The SMILES string of the molecule is CC(C)(C)c1nnc2sc(-c3ccc(N)cc3O)nn12. The van der Waals surface area contributed by atoms with Crippen molar-refractivity contribution in [2.75, 3.05) is 5.73 Å². The van der Waals surface area contributed by atoms with Gasteiger partial charge in [-0.25, -0.2) is 0 Å². The van der Waals surface area contributed by atoms with E-state index in [1.165, 1.54) is 17.4 Å². The molecule has 0 bridgehead atoms. The molecule has 3 aromatic rings. The van der Waals surface area contributed by atoms with Crippen LogP contribution in [0.2, 0.25) is 0 Å². The van der Waals surface area contributed by atoms with Crippen molar-refractivity contribution >= 4 is 22.0 Å². The number of phenols is 1. The molecule has 3 N–H and O–H groups in total. The van der Waals surface area contributed by atoms with E-state index in [1.807, 2.05) is 0 Å². The Balaban J connectivity index is 2.16. The maximum atomic E-state index is 9.98. The highest BCUT2D eigenvalue weighted by atomic mass is 32.1. The first-order valence-electron chi connectivity index (χ1n) is 6.18. The number of hydrogen-bond donors (Lipinski definition) is 2. The fraction of sp³-hybridized carbons (Fsp3) is 0.308. The van der Waals surface area contributed by atoms with E-state index in [-0.39, 0.29) is 11.2 Å². The summed E-state index contributed by atoms with van der Waals surface area (Å²) in [5.74, 6) is 0.914. The molecular weight excluding hydrogens is 274 g/mol. The van der Waals surface area contributed by atoms with Crippen molar-refractivity contribution in [3.8, 4) is 16.3 Å². The highest BCUT2D eigenvalue weighted by Gasteiger charge is 2.24. The number of nitrogens with zero attached hydrogens (tertiary/aromatic N) is 4. The molecule has 6 nitrogen and oxygen atoms in total. The van der Waals surface area contributed by atoms with Crippen molar-refractivity contribution in [1.82, 2.24) is 19.8 Å². The number of rotatable bonds is 1. The zero-order valence-electron chi connectivity index (χ0n) is 11.5. The Morgan fingerprint density at radius 2 is 2.00 bits per heavy atom. The van der Waals surface area contributed by atoms with Gasteiger partial charge in [-0.1, -0.05) is 32.1 Å². The number of phenolic OH excluding ortho intramolecular Hbond substituents is 1. The summed E-state index contributed by atoms with van der Waals surface area (Å²) in [5, 5.41) is 23.5. The quantitative estimate of drug-likeness (QED) is 0.672. The van der Waals surface area contributed by atoms with Crippen LogP contribution in [0.5, 0.6) is 5.75 Å². The molecular formula is C13H15N5OS. The van der Waals surface area contributed by atoms with Gasteiger partial charge in [0.05, 0.1) is 5.56 Å². The topological polar surface area (TPSA) is 89.3 Å². The lowest BCUT2D eigenvalue weighted by Crippen LogP contribution is -2.16. The van der Waals surface area contributed by atoms with Crippen LogP contribution in [0.4, 0.5) is 5.69 Å². The van der Waals surface area contributed by atoms with E-state index in [1.54, 1.807) is 16.6 Å². The number of anilines is 1. The average molecular weight is 289 g/mol. The minimum Gasteiger partial charge on any atom is -0.507 e. The van der Waals surface area contributed by atoms with Crippen LogP contribution in [0, 0.1) is 0 Å². The molecule has 0 saturated carbocycles. The number of benzene rings is 1. The Morgan fingerprint density at radius 3 is 2.65 bits per heavy atom.